The number of rotatable bonds is 2. The molecule has 0 radical (unpaired) electrons. The van der Waals surface area contributed by atoms with Crippen LogP contribution in [0, 0.1) is 6.92 Å². The van der Waals surface area contributed by atoms with Gasteiger partial charge in [-0.15, -0.1) is 0 Å². The van der Waals surface area contributed by atoms with Crippen LogP contribution in [-0.2, 0) is 0 Å². The number of carbonyl (C=O) groups is 1. The Kier molecular flexibility index (Phi) is 3.46. The fourth-order valence-corrected chi connectivity index (χ4v) is 3.06. The first-order valence-corrected chi connectivity index (χ1v) is 7.39. The molecule has 0 aliphatic carbocycles. The molecule has 8 heteroatoms. The highest BCUT2D eigenvalue weighted by molar-refractivity contribution is 7.05. The Morgan fingerprint density at radius 1 is 1.52 bits per heavy atom. The summed E-state index contributed by atoms with van der Waals surface area (Å²) in [4.78, 5) is 33.1. The molecule has 21 heavy (non-hydrogen) atoms. The zero-order chi connectivity index (χ0) is 15.0. The van der Waals surface area contributed by atoms with Gasteiger partial charge in [0, 0.05) is 30.0 Å². The number of nitrogens with zero attached hydrogens (tertiary/aromatic N) is 3. The Morgan fingerprint density at radius 2 is 2.33 bits per heavy atom. The predicted octanol–water partition coefficient (Wildman–Crippen LogP) is 0.747. The van der Waals surface area contributed by atoms with Gasteiger partial charge >= 0.3 is 0 Å². The number of anilines is 1. The van der Waals surface area contributed by atoms with Gasteiger partial charge in [-0.05, 0) is 30.9 Å². The van der Waals surface area contributed by atoms with E-state index in [4.69, 9.17) is 5.73 Å². The molecule has 3 N–H and O–H groups in total. The molecule has 7 nitrogen and oxygen atoms in total. The first-order valence-electron chi connectivity index (χ1n) is 6.62. The molecule has 0 spiro atoms. The first-order chi connectivity index (χ1) is 10.0. The molecule has 0 saturated carbocycles. The lowest BCUT2D eigenvalue weighted by Crippen LogP contribution is -2.29. The lowest BCUT2D eigenvalue weighted by atomic mass is 10.1. The molecule has 1 aliphatic heterocycles. The Balaban J connectivity index is 1.76. The number of nitrogen functional groups attached to an aromatic ring is 1. The molecule has 1 fully saturated rings. The number of aromatic amines is 1. The number of nitrogens with one attached hydrogen (secondary N) is 1. The van der Waals surface area contributed by atoms with Gasteiger partial charge in [0.1, 0.15) is 5.69 Å². The minimum Gasteiger partial charge on any atom is -0.369 e. The second kappa shape index (κ2) is 5.28. The van der Waals surface area contributed by atoms with Crippen LogP contribution in [0.3, 0.4) is 0 Å². The number of carbonyl (C=O) groups excluding carboxylic acids is 1. The minimum atomic E-state index is -0.266. The number of aromatic nitrogens is 3. The highest BCUT2D eigenvalue weighted by Crippen LogP contribution is 2.26. The Morgan fingerprint density at radius 3 is 3.00 bits per heavy atom. The summed E-state index contributed by atoms with van der Waals surface area (Å²) < 4.78 is 4.15. The molecule has 0 bridgehead atoms. The van der Waals surface area contributed by atoms with Crippen LogP contribution in [-0.4, -0.2) is 38.2 Å². The van der Waals surface area contributed by atoms with Crippen molar-refractivity contribution in [1.82, 2.24) is 19.2 Å². The summed E-state index contributed by atoms with van der Waals surface area (Å²) >= 11 is 1.32. The van der Waals surface area contributed by atoms with Gasteiger partial charge in [0.15, 0.2) is 0 Å². The maximum absolute atomic E-state index is 12.3. The smallest absolute Gasteiger partial charge is 0.273 e. The molecule has 1 amide bonds. The van der Waals surface area contributed by atoms with Gasteiger partial charge in [0.25, 0.3) is 11.5 Å². The third kappa shape index (κ3) is 2.80. The van der Waals surface area contributed by atoms with E-state index in [-0.39, 0.29) is 23.3 Å². The fraction of sp³-hybridized carbons (Fsp3) is 0.385. The van der Waals surface area contributed by atoms with E-state index in [2.05, 4.69) is 14.3 Å². The van der Waals surface area contributed by atoms with E-state index in [1.54, 1.807) is 11.0 Å². The Bertz CT molecular complexity index is 738. The van der Waals surface area contributed by atoms with Crippen LogP contribution in [0.25, 0.3) is 0 Å². The van der Waals surface area contributed by atoms with E-state index >= 15 is 0 Å². The fourth-order valence-electron chi connectivity index (χ4n) is 2.52. The van der Waals surface area contributed by atoms with Crippen molar-refractivity contribution in [3.05, 3.63) is 38.8 Å². The van der Waals surface area contributed by atoms with Gasteiger partial charge in [0.2, 0.25) is 5.95 Å². The second-order valence-corrected chi connectivity index (χ2v) is 6.12. The van der Waals surface area contributed by atoms with Crippen molar-refractivity contribution in [1.29, 1.82) is 0 Å². The molecular weight excluding hydrogens is 290 g/mol. The molecule has 2 aromatic rings. The average molecular weight is 305 g/mol. The lowest BCUT2D eigenvalue weighted by molar-refractivity contribution is 0.0786. The number of aryl methyl sites for hydroxylation is 1. The molecule has 1 unspecified atom stereocenters. The summed E-state index contributed by atoms with van der Waals surface area (Å²) in [6.07, 6.45) is 0.769. The van der Waals surface area contributed by atoms with Crippen molar-refractivity contribution in [2.45, 2.75) is 19.3 Å². The molecule has 0 aromatic carbocycles. The third-order valence-electron chi connectivity index (χ3n) is 3.52. The molecule has 1 aliphatic rings. The quantitative estimate of drug-likeness (QED) is 0.851. The van der Waals surface area contributed by atoms with Crippen LogP contribution >= 0.6 is 11.5 Å². The van der Waals surface area contributed by atoms with Gasteiger partial charge in [-0.1, -0.05) is 0 Å². The van der Waals surface area contributed by atoms with E-state index in [0.717, 1.165) is 11.3 Å². The maximum Gasteiger partial charge on any atom is 0.273 e. The highest BCUT2D eigenvalue weighted by Gasteiger charge is 2.30. The topological polar surface area (TPSA) is 105 Å². The predicted molar refractivity (Wildman–Crippen MR) is 79.4 cm³/mol. The van der Waals surface area contributed by atoms with E-state index in [1.807, 2.05) is 6.92 Å². The van der Waals surface area contributed by atoms with Gasteiger partial charge in [0.05, 0.1) is 5.69 Å². The summed E-state index contributed by atoms with van der Waals surface area (Å²) in [5, 5.41) is 0. The average Bonchev–Trinajstić information content (AvgIpc) is 3.05. The van der Waals surface area contributed by atoms with Crippen LogP contribution in [0.4, 0.5) is 5.95 Å². The maximum atomic E-state index is 12.3. The van der Waals surface area contributed by atoms with Gasteiger partial charge in [-0.25, -0.2) is 4.98 Å². The molecule has 110 valence electrons. The largest absolute Gasteiger partial charge is 0.369 e. The number of nitrogens with two attached hydrogens (primary N) is 1. The monoisotopic (exact) mass is 305 g/mol. The normalized spacial score (nSPS) is 18.1. The summed E-state index contributed by atoms with van der Waals surface area (Å²) in [6, 6.07) is 3.24. The van der Waals surface area contributed by atoms with Gasteiger partial charge < -0.3 is 10.6 Å². The SMILES string of the molecule is Cc1cc(C(=O)N2CCC(c3cc(=O)[nH]c(N)n3)C2)ns1. The van der Waals surface area contributed by atoms with Crippen molar-refractivity contribution < 1.29 is 4.79 Å². The summed E-state index contributed by atoms with van der Waals surface area (Å²) in [7, 11) is 0. The van der Waals surface area contributed by atoms with Crippen LogP contribution in [0.2, 0.25) is 0 Å². The van der Waals surface area contributed by atoms with Crippen LogP contribution in [0.5, 0.6) is 0 Å². The minimum absolute atomic E-state index is 0.0401. The molecule has 1 atom stereocenters. The molecular formula is C13H15N5O2S. The van der Waals surface area contributed by atoms with E-state index < -0.39 is 0 Å². The number of hydrogen-bond acceptors (Lipinski definition) is 6. The molecule has 3 rings (SSSR count). The van der Waals surface area contributed by atoms with E-state index in [1.165, 1.54) is 17.6 Å². The molecule has 1 saturated heterocycles. The Hall–Kier alpha value is -2.22. The van der Waals surface area contributed by atoms with Crippen LogP contribution in [0.15, 0.2) is 16.9 Å². The van der Waals surface area contributed by atoms with Crippen molar-refractivity contribution >= 4 is 23.4 Å². The zero-order valence-corrected chi connectivity index (χ0v) is 12.3. The van der Waals surface area contributed by atoms with E-state index in [9.17, 15) is 9.59 Å². The summed E-state index contributed by atoms with van der Waals surface area (Å²) in [6.45, 7) is 3.09. The van der Waals surface area contributed by atoms with Crippen molar-refractivity contribution in [2.75, 3.05) is 18.8 Å². The number of amides is 1. The van der Waals surface area contributed by atoms with Crippen molar-refractivity contribution in [3.63, 3.8) is 0 Å². The zero-order valence-electron chi connectivity index (χ0n) is 11.5. The van der Waals surface area contributed by atoms with Crippen molar-refractivity contribution in [3.8, 4) is 0 Å². The molecule has 3 heterocycles. The standard InChI is InChI=1S/C13H15N5O2S/c1-7-4-10(17-21-7)12(20)18-3-2-8(6-18)9-5-11(19)16-13(14)15-9/h4-5,8H,2-3,6H2,1H3,(H3,14,15,16,19). The van der Waals surface area contributed by atoms with Crippen LogP contribution in [0.1, 0.15) is 33.4 Å². The summed E-state index contributed by atoms with van der Waals surface area (Å²) in [5.41, 5.74) is 6.42. The highest BCUT2D eigenvalue weighted by atomic mass is 32.1. The van der Waals surface area contributed by atoms with Crippen molar-refractivity contribution in [2.24, 2.45) is 0 Å². The number of hydrogen-bond donors (Lipinski definition) is 2. The number of H-pyrrole nitrogens is 1. The third-order valence-corrected chi connectivity index (χ3v) is 4.21. The second-order valence-electron chi connectivity index (χ2n) is 5.12. The van der Waals surface area contributed by atoms with Gasteiger partial charge in [-0.2, -0.15) is 4.37 Å². The van der Waals surface area contributed by atoms with Crippen LogP contribution < -0.4 is 11.3 Å². The Labute approximate surface area is 125 Å². The number of likely N-dealkylation sites (tertiary alicyclic amines) is 1. The van der Waals surface area contributed by atoms with Gasteiger partial charge in [-0.3, -0.25) is 14.6 Å². The van der Waals surface area contributed by atoms with E-state index in [0.29, 0.717) is 24.5 Å². The first kappa shape index (κ1) is 13.7. The molecule has 2 aromatic heterocycles. The lowest BCUT2D eigenvalue weighted by Gasteiger charge is -2.15. The summed E-state index contributed by atoms with van der Waals surface area (Å²) in [5.74, 6) is 0.0790.